The van der Waals surface area contributed by atoms with Crippen LogP contribution in [-0.2, 0) is 4.74 Å². The Morgan fingerprint density at radius 3 is 2.36 bits per heavy atom. The van der Waals surface area contributed by atoms with Gasteiger partial charge in [0.15, 0.2) is 0 Å². The van der Waals surface area contributed by atoms with Gasteiger partial charge in [0.05, 0.1) is 13.7 Å². The van der Waals surface area contributed by atoms with Gasteiger partial charge >= 0.3 is 5.97 Å². The highest BCUT2D eigenvalue weighted by Gasteiger charge is 2.13. The fourth-order valence-electron chi connectivity index (χ4n) is 3.09. The van der Waals surface area contributed by atoms with Gasteiger partial charge in [0.2, 0.25) is 0 Å². The minimum Gasteiger partial charge on any atom is -0.497 e. The molecule has 4 aromatic rings. The van der Waals surface area contributed by atoms with Gasteiger partial charge in [-0.15, -0.1) is 0 Å². The number of esters is 1. The Balaban J connectivity index is 1.57. The van der Waals surface area contributed by atoms with Crippen LogP contribution < -0.4 is 10.1 Å². The van der Waals surface area contributed by atoms with Crippen molar-refractivity contribution in [1.82, 2.24) is 9.97 Å². The Hall–Kier alpha value is -3.74. The summed E-state index contributed by atoms with van der Waals surface area (Å²) in [5.41, 5.74) is 3.10. The Morgan fingerprint density at radius 2 is 1.61 bits per heavy atom. The third kappa shape index (κ3) is 3.29. The molecule has 142 valence electrons. The summed E-state index contributed by atoms with van der Waals surface area (Å²) >= 11 is 0. The SMILES string of the molecule is CCOC(=O)c1cc2cc(NC(=O)c3cc4cc(OC)ccc4[nH]3)ccc2[nH]1. The van der Waals surface area contributed by atoms with E-state index in [4.69, 9.17) is 9.47 Å². The van der Waals surface area contributed by atoms with Crippen LogP contribution in [0.4, 0.5) is 5.69 Å². The van der Waals surface area contributed by atoms with Crippen LogP contribution in [0.15, 0.2) is 48.5 Å². The molecule has 0 aliphatic carbocycles. The largest absolute Gasteiger partial charge is 0.497 e. The van der Waals surface area contributed by atoms with Crippen LogP contribution in [0, 0.1) is 0 Å². The van der Waals surface area contributed by atoms with Gasteiger partial charge in [0.1, 0.15) is 17.1 Å². The van der Waals surface area contributed by atoms with Crippen molar-refractivity contribution in [2.75, 3.05) is 19.0 Å². The fraction of sp³-hybridized carbons (Fsp3) is 0.143. The van der Waals surface area contributed by atoms with Gasteiger partial charge in [-0.1, -0.05) is 0 Å². The number of fused-ring (bicyclic) bond motifs is 2. The molecule has 0 bridgehead atoms. The molecule has 2 aromatic carbocycles. The van der Waals surface area contributed by atoms with Gasteiger partial charge in [-0.05, 0) is 55.5 Å². The lowest BCUT2D eigenvalue weighted by Gasteiger charge is -2.03. The van der Waals surface area contributed by atoms with E-state index in [1.165, 1.54) is 0 Å². The average Bonchev–Trinajstić information content (AvgIpc) is 3.31. The van der Waals surface area contributed by atoms with Crippen molar-refractivity contribution in [3.8, 4) is 5.75 Å². The Kier molecular flexibility index (Phi) is 4.49. The van der Waals surface area contributed by atoms with Gasteiger partial charge in [-0.2, -0.15) is 0 Å². The van der Waals surface area contributed by atoms with Crippen LogP contribution in [0.2, 0.25) is 0 Å². The second-order valence-corrected chi connectivity index (χ2v) is 6.30. The van der Waals surface area contributed by atoms with Crippen LogP contribution in [0.1, 0.15) is 27.9 Å². The number of rotatable bonds is 5. The number of hydrogen-bond acceptors (Lipinski definition) is 4. The smallest absolute Gasteiger partial charge is 0.354 e. The maximum Gasteiger partial charge on any atom is 0.354 e. The summed E-state index contributed by atoms with van der Waals surface area (Å²) < 4.78 is 10.2. The first-order valence-corrected chi connectivity index (χ1v) is 8.85. The lowest BCUT2D eigenvalue weighted by Crippen LogP contribution is -2.11. The lowest BCUT2D eigenvalue weighted by molar-refractivity contribution is 0.0520. The molecule has 7 heteroatoms. The number of ether oxygens (including phenoxy) is 2. The van der Waals surface area contributed by atoms with Crippen molar-refractivity contribution in [3.63, 3.8) is 0 Å². The van der Waals surface area contributed by atoms with E-state index < -0.39 is 5.97 Å². The third-order valence-corrected chi connectivity index (χ3v) is 4.45. The number of methoxy groups -OCH3 is 1. The first-order chi connectivity index (χ1) is 13.6. The van der Waals surface area contributed by atoms with Gasteiger partial charge in [-0.25, -0.2) is 4.79 Å². The molecule has 0 atom stereocenters. The Bertz CT molecular complexity index is 1190. The molecular formula is C21H19N3O4. The van der Waals surface area contributed by atoms with E-state index in [-0.39, 0.29) is 5.91 Å². The first kappa shape index (κ1) is 17.7. The minimum atomic E-state index is -0.405. The zero-order valence-corrected chi connectivity index (χ0v) is 15.5. The van der Waals surface area contributed by atoms with E-state index in [0.29, 0.717) is 23.7 Å². The van der Waals surface area contributed by atoms with Crippen molar-refractivity contribution < 1.29 is 19.1 Å². The van der Waals surface area contributed by atoms with E-state index in [1.54, 1.807) is 38.3 Å². The fourth-order valence-corrected chi connectivity index (χ4v) is 3.09. The van der Waals surface area contributed by atoms with Crippen LogP contribution in [0.5, 0.6) is 5.75 Å². The molecular weight excluding hydrogens is 358 g/mol. The number of carbonyl (C=O) groups is 2. The maximum atomic E-state index is 12.6. The van der Waals surface area contributed by atoms with Crippen LogP contribution in [0.3, 0.4) is 0 Å². The summed E-state index contributed by atoms with van der Waals surface area (Å²) in [6, 6.07) is 14.4. The van der Waals surface area contributed by atoms with Gasteiger partial charge in [0.25, 0.3) is 5.91 Å². The zero-order valence-electron chi connectivity index (χ0n) is 15.5. The number of hydrogen-bond donors (Lipinski definition) is 3. The molecule has 0 saturated heterocycles. The third-order valence-electron chi connectivity index (χ3n) is 4.45. The quantitative estimate of drug-likeness (QED) is 0.457. The van der Waals surface area contributed by atoms with E-state index in [0.717, 1.165) is 27.6 Å². The van der Waals surface area contributed by atoms with Crippen LogP contribution >= 0.6 is 0 Å². The number of anilines is 1. The van der Waals surface area contributed by atoms with Gasteiger partial charge < -0.3 is 24.8 Å². The molecule has 0 aliphatic rings. The number of aromatic amines is 2. The van der Waals surface area contributed by atoms with E-state index in [1.807, 2.05) is 24.3 Å². The molecule has 3 N–H and O–H groups in total. The number of amides is 1. The molecule has 0 saturated carbocycles. The second kappa shape index (κ2) is 7.11. The maximum absolute atomic E-state index is 12.6. The Labute approximate surface area is 160 Å². The van der Waals surface area contributed by atoms with E-state index >= 15 is 0 Å². The highest BCUT2D eigenvalue weighted by atomic mass is 16.5. The molecule has 28 heavy (non-hydrogen) atoms. The molecule has 7 nitrogen and oxygen atoms in total. The summed E-state index contributed by atoms with van der Waals surface area (Å²) in [5.74, 6) is 0.0715. The Morgan fingerprint density at radius 1 is 0.929 bits per heavy atom. The molecule has 0 unspecified atom stereocenters. The number of carbonyl (C=O) groups excluding carboxylic acids is 2. The number of benzene rings is 2. The normalized spacial score (nSPS) is 10.9. The summed E-state index contributed by atoms with van der Waals surface area (Å²) in [4.78, 5) is 30.6. The molecule has 0 spiro atoms. The van der Waals surface area contributed by atoms with Gasteiger partial charge in [-0.3, -0.25) is 4.79 Å². The van der Waals surface area contributed by atoms with Crippen molar-refractivity contribution in [1.29, 1.82) is 0 Å². The highest BCUT2D eigenvalue weighted by Crippen LogP contribution is 2.24. The molecule has 0 radical (unpaired) electrons. The topological polar surface area (TPSA) is 96.2 Å². The summed E-state index contributed by atoms with van der Waals surface area (Å²) in [5, 5.41) is 4.57. The summed E-state index contributed by atoms with van der Waals surface area (Å²) in [6.07, 6.45) is 0. The number of nitrogens with one attached hydrogen (secondary N) is 3. The average molecular weight is 377 g/mol. The lowest BCUT2D eigenvalue weighted by atomic mass is 10.2. The van der Waals surface area contributed by atoms with Crippen molar-refractivity contribution in [2.24, 2.45) is 0 Å². The van der Waals surface area contributed by atoms with E-state index in [2.05, 4.69) is 15.3 Å². The number of aromatic nitrogens is 2. The minimum absolute atomic E-state index is 0.254. The molecule has 0 aliphatic heterocycles. The summed E-state index contributed by atoms with van der Waals surface area (Å²) in [6.45, 7) is 2.07. The van der Waals surface area contributed by atoms with Crippen molar-refractivity contribution in [2.45, 2.75) is 6.92 Å². The molecule has 2 heterocycles. The molecule has 0 fully saturated rings. The van der Waals surface area contributed by atoms with E-state index in [9.17, 15) is 9.59 Å². The van der Waals surface area contributed by atoms with Crippen LogP contribution in [-0.4, -0.2) is 35.6 Å². The van der Waals surface area contributed by atoms with Gasteiger partial charge in [0, 0.05) is 27.5 Å². The number of H-pyrrole nitrogens is 2. The first-order valence-electron chi connectivity index (χ1n) is 8.85. The monoisotopic (exact) mass is 377 g/mol. The molecule has 1 amide bonds. The second-order valence-electron chi connectivity index (χ2n) is 6.30. The zero-order chi connectivity index (χ0) is 19.7. The highest BCUT2D eigenvalue weighted by molar-refractivity contribution is 6.07. The summed E-state index contributed by atoms with van der Waals surface area (Å²) in [7, 11) is 1.60. The van der Waals surface area contributed by atoms with Crippen molar-refractivity contribution >= 4 is 39.4 Å². The standard InChI is InChI=1S/C21H19N3O4/c1-3-28-21(26)19-11-12-8-14(4-6-16(12)24-19)22-20(25)18-10-13-9-15(27-2)5-7-17(13)23-18/h4-11,23-24H,3H2,1-2H3,(H,22,25). The molecule has 2 aromatic heterocycles. The predicted molar refractivity (Wildman–Crippen MR) is 107 cm³/mol. The molecule has 4 rings (SSSR count). The van der Waals surface area contributed by atoms with Crippen LogP contribution in [0.25, 0.3) is 21.8 Å². The van der Waals surface area contributed by atoms with Crippen molar-refractivity contribution in [3.05, 3.63) is 59.9 Å². The predicted octanol–water partition coefficient (Wildman–Crippen LogP) is 4.09.